The number of morpholine rings is 1. The molecule has 0 bridgehead atoms. The Kier molecular flexibility index (Phi) is 4.54. The summed E-state index contributed by atoms with van der Waals surface area (Å²) >= 11 is 0. The molecule has 3 heterocycles. The van der Waals surface area contributed by atoms with E-state index < -0.39 is 0 Å². The molecule has 2 aromatic heterocycles. The standard InChI is InChI=1S/C13H17N7O2/c21-13(8-20-10-14-9-17-20)16-7-11-15-2-1-12(18-11)19-3-5-22-6-4-19/h1-2,9-10H,3-8H2,(H,16,21). The van der Waals surface area contributed by atoms with E-state index in [2.05, 4.69) is 30.3 Å². The van der Waals surface area contributed by atoms with Gasteiger partial charge >= 0.3 is 0 Å². The predicted octanol–water partition coefficient (Wildman–Crippen LogP) is -0.779. The third-order valence-corrected chi connectivity index (χ3v) is 3.24. The van der Waals surface area contributed by atoms with Gasteiger partial charge in [-0.15, -0.1) is 0 Å². The molecule has 0 unspecified atom stereocenters. The van der Waals surface area contributed by atoms with Gasteiger partial charge in [-0.2, -0.15) is 5.10 Å². The summed E-state index contributed by atoms with van der Waals surface area (Å²) in [5.41, 5.74) is 0. The lowest BCUT2D eigenvalue weighted by Crippen LogP contribution is -2.37. The number of ether oxygens (including phenoxy) is 1. The summed E-state index contributed by atoms with van der Waals surface area (Å²) in [5.74, 6) is 1.28. The lowest BCUT2D eigenvalue weighted by atomic mass is 10.4. The first kappa shape index (κ1) is 14.4. The first-order valence-electron chi connectivity index (χ1n) is 7.05. The molecule has 1 fully saturated rings. The summed E-state index contributed by atoms with van der Waals surface area (Å²) in [7, 11) is 0. The fourth-order valence-corrected chi connectivity index (χ4v) is 2.14. The van der Waals surface area contributed by atoms with E-state index in [-0.39, 0.29) is 19.0 Å². The SMILES string of the molecule is O=C(Cn1cncn1)NCc1nccc(N2CCOCC2)n1. The maximum absolute atomic E-state index is 11.8. The Morgan fingerprint density at radius 2 is 2.23 bits per heavy atom. The normalized spacial score (nSPS) is 14.8. The number of carbonyl (C=O) groups excluding carboxylic acids is 1. The second kappa shape index (κ2) is 6.94. The molecule has 1 N–H and O–H groups in total. The molecule has 3 rings (SSSR count). The van der Waals surface area contributed by atoms with Crippen LogP contribution in [0.1, 0.15) is 5.82 Å². The Hall–Kier alpha value is -2.55. The number of hydrogen-bond acceptors (Lipinski definition) is 7. The van der Waals surface area contributed by atoms with Gasteiger partial charge in [0.15, 0.2) is 0 Å². The molecule has 9 nitrogen and oxygen atoms in total. The Morgan fingerprint density at radius 1 is 1.36 bits per heavy atom. The molecule has 0 atom stereocenters. The largest absolute Gasteiger partial charge is 0.378 e. The van der Waals surface area contributed by atoms with Gasteiger partial charge in [-0.05, 0) is 6.07 Å². The molecule has 2 aromatic rings. The van der Waals surface area contributed by atoms with Crippen molar-refractivity contribution in [3.63, 3.8) is 0 Å². The summed E-state index contributed by atoms with van der Waals surface area (Å²) in [4.78, 5) is 26.4. The minimum Gasteiger partial charge on any atom is -0.378 e. The molecule has 1 aliphatic heterocycles. The van der Waals surface area contributed by atoms with Crippen molar-refractivity contribution in [1.82, 2.24) is 30.0 Å². The van der Waals surface area contributed by atoms with E-state index in [9.17, 15) is 4.79 Å². The molecular formula is C13H17N7O2. The molecule has 116 valence electrons. The van der Waals surface area contributed by atoms with E-state index in [1.165, 1.54) is 17.3 Å². The number of amides is 1. The summed E-state index contributed by atoms with van der Waals surface area (Å²) in [5, 5.41) is 6.65. The number of hydrogen-bond donors (Lipinski definition) is 1. The maximum Gasteiger partial charge on any atom is 0.242 e. The highest BCUT2D eigenvalue weighted by Crippen LogP contribution is 2.11. The van der Waals surface area contributed by atoms with E-state index in [1.807, 2.05) is 6.07 Å². The van der Waals surface area contributed by atoms with Crippen LogP contribution in [0.3, 0.4) is 0 Å². The average molecular weight is 303 g/mol. The Balaban J connectivity index is 1.54. The zero-order valence-electron chi connectivity index (χ0n) is 12.1. The Bertz CT molecular complexity index is 611. The molecular weight excluding hydrogens is 286 g/mol. The number of carbonyl (C=O) groups is 1. The number of anilines is 1. The summed E-state index contributed by atoms with van der Waals surface area (Å²) in [6.07, 6.45) is 4.59. The van der Waals surface area contributed by atoms with E-state index >= 15 is 0 Å². The van der Waals surface area contributed by atoms with Crippen LogP contribution in [-0.2, 0) is 22.6 Å². The van der Waals surface area contributed by atoms with Gasteiger partial charge < -0.3 is 15.0 Å². The number of nitrogens with zero attached hydrogens (tertiary/aromatic N) is 6. The molecule has 9 heteroatoms. The van der Waals surface area contributed by atoms with Crippen molar-refractivity contribution in [3.8, 4) is 0 Å². The van der Waals surface area contributed by atoms with Gasteiger partial charge in [0.05, 0.1) is 19.8 Å². The van der Waals surface area contributed by atoms with Crippen LogP contribution in [-0.4, -0.2) is 56.9 Å². The third-order valence-electron chi connectivity index (χ3n) is 3.24. The van der Waals surface area contributed by atoms with Gasteiger partial charge in [0.25, 0.3) is 0 Å². The van der Waals surface area contributed by atoms with Crippen LogP contribution in [0.2, 0.25) is 0 Å². The predicted molar refractivity (Wildman–Crippen MR) is 76.9 cm³/mol. The molecule has 0 spiro atoms. The fraction of sp³-hybridized carbons (Fsp3) is 0.462. The quantitative estimate of drug-likeness (QED) is 0.773. The molecule has 0 saturated carbocycles. The second-order valence-corrected chi connectivity index (χ2v) is 4.80. The van der Waals surface area contributed by atoms with Gasteiger partial charge in [-0.3, -0.25) is 4.79 Å². The second-order valence-electron chi connectivity index (χ2n) is 4.80. The van der Waals surface area contributed by atoms with Crippen molar-refractivity contribution in [2.45, 2.75) is 13.1 Å². The summed E-state index contributed by atoms with van der Waals surface area (Å²) in [6, 6.07) is 1.87. The van der Waals surface area contributed by atoms with Gasteiger partial charge in [-0.1, -0.05) is 0 Å². The summed E-state index contributed by atoms with van der Waals surface area (Å²) < 4.78 is 6.78. The van der Waals surface area contributed by atoms with Gasteiger partial charge in [0.1, 0.15) is 30.8 Å². The molecule has 0 aliphatic carbocycles. The molecule has 0 aromatic carbocycles. The molecule has 22 heavy (non-hydrogen) atoms. The van der Waals surface area contributed by atoms with Crippen LogP contribution >= 0.6 is 0 Å². The van der Waals surface area contributed by atoms with Crippen LogP contribution in [0, 0.1) is 0 Å². The van der Waals surface area contributed by atoms with Crippen molar-refractivity contribution < 1.29 is 9.53 Å². The zero-order chi connectivity index (χ0) is 15.2. The highest BCUT2D eigenvalue weighted by atomic mass is 16.5. The minimum absolute atomic E-state index is 0.128. The Morgan fingerprint density at radius 3 is 3.00 bits per heavy atom. The molecule has 0 radical (unpaired) electrons. The minimum atomic E-state index is -0.161. The monoisotopic (exact) mass is 303 g/mol. The van der Waals surface area contributed by atoms with E-state index in [1.54, 1.807) is 6.20 Å². The van der Waals surface area contributed by atoms with E-state index in [0.717, 1.165) is 18.9 Å². The average Bonchev–Trinajstić information content (AvgIpc) is 3.07. The van der Waals surface area contributed by atoms with Crippen molar-refractivity contribution >= 4 is 11.7 Å². The lowest BCUT2D eigenvalue weighted by Gasteiger charge is -2.27. The zero-order valence-corrected chi connectivity index (χ0v) is 12.1. The third kappa shape index (κ3) is 3.76. The smallest absolute Gasteiger partial charge is 0.242 e. The van der Waals surface area contributed by atoms with E-state index in [4.69, 9.17) is 4.74 Å². The topological polar surface area (TPSA) is 98.1 Å². The molecule has 1 aliphatic rings. The first-order valence-corrected chi connectivity index (χ1v) is 7.05. The maximum atomic E-state index is 11.8. The van der Waals surface area contributed by atoms with Crippen LogP contribution in [0.5, 0.6) is 0 Å². The highest BCUT2D eigenvalue weighted by molar-refractivity contribution is 5.75. The van der Waals surface area contributed by atoms with Crippen LogP contribution in [0.25, 0.3) is 0 Å². The van der Waals surface area contributed by atoms with Crippen LogP contribution < -0.4 is 10.2 Å². The van der Waals surface area contributed by atoms with Crippen molar-refractivity contribution in [1.29, 1.82) is 0 Å². The van der Waals surface area contributed by atoms with Gasteiger partial charge in [0.2, 0.25) is 5.91 Å². The van der Waals surface area contributed by atoms with Crippen LogP contribution in [0.4, 0.5) is 5.82 Å². The number of aromatic nitrogens is 5. The van der Waals surface area contributed by atoms with Gasteiger partial charge in [0, 0.05) is 19.3 Å². The highest BCUT2D eigenvalue weighted by Gasteiger charge is 2.13. The number of rotatable bonds is 5. The van der Waals surface area contributed by atoms with Crippen molar-refractivity contribution in [2.75, 3.05) is 31.2 Å². The lowest BCUT2D eigenvalue weighted by molar-refractivity contribution is -0.122. The number of nitrogens with one attached hydrogen (secondary N) is 1. The molecule has 1 saturated heterocycles. The van der Waals surface area contributed by atoms with Crippen molar-refractivity contribution in [3.05, 3.63) is 30.7 Å². The first-order chi connectivity index (χ1) is 10.8. The Labute approximate surface area is 127 Å². The van der Waals surface area contributed by atoms with Gasteiger partial charge in [-0.25, -0.2) is 19.6 Å². The van der Waals surface area contributed by atoms with Crippen LogP contribution in [0.15, 0.2) is 24.9 Å². The van der Waals surface area contributed by atoms with E-state index in [0.29, 0.717) is 19.0 Å². The summed E-state index contributed by atoms with van der Waals surface area (Å²) in [6.45, 7) is 3.45. The fourth-order valence-electron chi connectivity index (χ4n) is 2.14. The molecule has 1 amide bonds. The van der Waals surface area contributed by atoms with Crippen molar-refractivity contribution in [2.24, 2.45) is 0 Å².